The summed E-state index contributed by atoms with van der Waals surface area (Å²) < 4.78 is 24.1. The summed E-state index contributed by atoms with van der Waals surface area (Å²) in [5.74, 6) is 0.450. The first-order valence-corrected chi connectivity index (χ1v) is 5.65. The molecule has 0 saturated heterocycles. The number of nitrogens with two attached hydrogens (primary N) is 1. The molecule has 0 bridgehead atoms. The average molecular weight is 219 g/mol. The van der Waals surface area contributed by atoms with E-state index in [0.717, 1.165) is 0 Å². The van der Waals surface area contributed by atoms with Crippen molar-refractivity contribution >= 4 is 10.0 Å². The van der Waals surface area contributed by atoms with Crippen molar-refractivity contribution in [2.24, 2.45) is 5.73 Å². The van der Waals surface area contributed by atoms with E-state index >= 15 is 0 Å². The molecule has 8 heteroatoms. The van der Waals surface area contributed by atoms with Gasteiger partial charge in [0.2, 0.25) is 10.0 Å². The van der Waals surface area contributed by atoms with E-state index < -0.39 is 10.0 Å². The minimum atomic E-state index is -3.27. The Morgan fingerprint density at radius 3 is 2.86 bits per heavy atom. The molecule has 0 unspecified atom stereocenters. The largest absolute Gasteiger partial charge is 0.329 e. The second-order valence-electron chi connectivity index (χ2n) is 2.79. The summed E-state index contributed by atoms with van der Waals surface area (Å²) in [4.78, 5) is 3.83. The molecular weight excluding hydrogens is 206 g/mol. The van der Waals surface area contributed by atoms with Crippen LogP contribution in [0, 0.1) is 0 Å². The third-order valence-corrected chi connectivity index (χ3v) is 3.52. The van der Waals surface area contributed by atoms with Crippen molar-refractivity contribution in [3.8, 4) is 0 Å². The molecule has 0 radical (unpaired) electrons. The van der Waals surface area contributed by atoms with E-state index in [4.69, 9.17) is 5.73 Å². The Hall–Kier alpha value is -0.990. The lowest BCUT2D eigenvalue weighted by molar-refractivity contribution is 0.457. The highest BCUT2D eigenvalue weighted by atomic mass is 32.2. The lowest BCUT2D eigenvalue weighted by Crippen LogP contribution is -2.31. The molecule has 80 valence electrons. The molecule has 0 aliphatic heterocycles. The van der Waals surface area contributed by atoms with Crippen molar-refractivity contribution < 1.29 is 8.42 Å². The molecule has 7 nitrogen and oxygen atoms in total. The summed E-state index contributed by atoms with van der Waals surface area (Å²) in [6, 6.07) is 0. The van der Waals surface area contributed by atoms with E-state index in [1.165, 1.54) is 17.7 Å². The van der Waals surface area contributed by atoms with Crippen molar-refractivity contribution in [1.82, 2.24) is 19.5 Å². The number of hydrogen-bond donors (Lipinski definition) is 2. The molecule has 0 atom stereocenters. The van der Waals surface area contributed by atoms with Gasteiger partial charge in [0.05, 0.1) is 12.3 Å². The molecular formula is C6H13N5O2S. The third-order valence-electron chi connectivity index (χ3n) is 1.69. The third kappa shape index (κ3) is 2.76. The Balaban J connectivity index is 2.62. The van der Waals surface area contributed by atoms with Crippen LogP contribution >= 0.6 is 0 Å². The molecule has 1 rings (SSSR count). The highest BCUT2D eigenvalue weighted by Crippen LogP contribution is 2.01. The smallest absolute Gasteiger partial charge is 0.215 e. The molecule has 0 aliphatic carbocycles. The molecule has 1 aromatic heterocycles. The van der Waals surface area contributed by atoms with Gasteiger partial charge in [-0.2, -0.15) is 9.40 Å². The van der Waals surface area contributed by atoms with E-state index in [1.54, 1.807) is 0 Å². The van der Waals surface area contributed by atoms with Crippen molar-refractivity contribution in [1.29, 1.82) is 0 Å². The maximum Gasteiger partial charge on any atom is 0.215 e. The first kappa shape index (κ1) is 11.1. The van der Waals surface area contributed by atoms with E-state index in [0.29, 0.717) is 5.82 Å². The normalized spacial score (nSPS) is 12.2. The molecule has 14 heavy (non-hydrogen) atoms. The van der Waals surface area contributed by atoms with Crippen LogP contribution in [0.1, 0.15) is 5.82 Å². The quantitative estimate of drug-likeness (QED) is 0.628. The van der Waals surface area contributed by atoms with Crippen LogP contribution in [-0.4, -0.2) is 47.2 Å². The van der Waals surface area contributed by atoms with Gasteiger partial charge in [0.25, 0.3) is 0 Å². The molecule has 0 aliphatic rings. The van der Waals surface area contributed by atoms with Crippen LogP contribution < -0.4 is 5.73 Å². The van der Waals surface area contributed by atoms with Crippen LogP contribution in [-0.2, 0) is 16.6 Å². The molecule has 1 aromatic rings. The minimum absolute atomic E-state index is 0.0579. The molecule has 3 N–H and O–H groups in total. The molecule has 0 amide bonds. The van der Waals surface area contributed by atoms with E-state index in [9.17, 15) is 8.42 Å². The molecule has 0 aromatic carbocycles. The van der Waals surface area contributed by atoms with Crippen molar-refractivity contribution in [3.05, 3.63) is 12.2 Å². The number of rotatable bonds is 5. The molecule has 1 heterocycles. The summed E-state index contributed by atoms with van der Waals surface area (Å²) in [6.45, 7) is 0.297. The fraction of sp³-hybridized carbons (Fsp3) is 0.667. The van der Waals surface area contributed by atoms with Crippen LogP contribution in [0.15, 0.2) is 6.33 Å². The zero-order valence-corrected chi connectivity index (χ0v) is 8.66. The highest BCUT2D eigenvalue weighted by Gasteiger charge is 2.17. The lowest BCUT2D eigenvalue weighted by atomic mass is 10.6. The summed E-state index contributed by atoms with van der Waals surface area (Å²) in [7, 11) is -1.79. The van der Waals surface area contributed by atoms with Gasteiger partial charge in [0, 0.05) is 13.6 Å². The van der Waals surface area contributed by atoms with Gasteiger partial charge in [0.1, 0.15) is 12.2 Å². The molecule has 0 spiro atoms. The van der Waals surface area contributed by atoms with Gasteiger partial charge in [0.15, 0.2) is 0 Å². The topological polar surface area (TPSA) is 105 Å². The number of hydrogen-bond acceptors (Lipinski definition) is 5. The van der Waals surface area contributed by atoms with Gasteiger partial charge in [-0.25, -0.2) is 13.4 Å². The number of aromatic amines is 1. The number of nitrogens with zero attached hydrogens (tertiary/aromatic N) is 3. The predicted octanol–water partition coefficient (Wildman–Crippen LogP) is -1.47. The van der Waals surface area contributed by atoms with Crippen LogP contribution in [0.25, 0.3) is 0 Å². The van der Waals surface area contributed by atoms with E-state index in [-0.39, 0.29) is 18.8 Å². The summed E-state index contributed by atoms with van der Waals surface area (Å²) in [6.07, 6.45) is 1.33. The number of H-pyrrole nitrogens is 1. The second-order valence-corrected chi connectivity index (χ2v) is 4.99. The maximum absolute atomic E-state index is 11.4. The minimum Gasteiger partial charge on any atom is -0.329 e. The van der Waals surface area contributed by atoms with Gasteiger partial charge in [-0.1, -0.05) is 0 Å². The van der Waals surface area contributed by atoms with Gasteiger partial charge in [-0.3, -0.25) is 5.10 Å². The Morgan fingerprint density at radius 2 is 2.36 bits per heavy atom. The first-order chi connectivity index (χ1) is 6.56. The number of aromatic nitrogens is 3. The van der Waals surface area contributed by atoms with Crippen molar-refractivity contribution in [2.45, 2.75) is 6.54 Å². The fourth-order valence-electron chi connectivity index (χ4n) is 0.921. The van der Waals surface area contributed by atoms with Crippen LogP contribution in [0.2, 0.25) is 0 Å². The van der Waals surface area contributed by atoms with E-state index in [1.807, 2.05) is 0 Å². The van der Waals surface area contributed by atoms with Crippen LogP contribution in [0.3, 0.4) is 0 Å². The second kappa shape index (κ2) is 4.49. The standard InChI is InChI=1S/C6H13N5O2S/c1-11(14(12,13)3-2-7)4-6-8-5-9-10-6/h5H,2-4,7H2,1H3,(H,8,9,10). The predicted molar refractivity (Wildman–Crippen MR) is 50.7 cm³/mol. The van der Waals surface area contributed by atoms with Crippen LogP contribution in [0.4, 0.5) is 0 Å². The monoisotopic (exact) mass is 219 g/mol. The molecule has 0 saturated carbocycles. The van der Waals surface area contributed by atoms with Crippen molar-refractivity contribution in [2.75, 3.05) is 19.3 Å². The highest BCUT2D eigenvalue weighted by molar-refractivity contribution is 7.89. The fourth-order valence-corrected chi connectivity index (χ4v) is 1.85. The van der Waals surface area contributed by atoms with Crippen LogP contribution in [0.5, 0.6) is 0 Å². The Labute approximate surface area is 82.4 Å². The van der Waals surface area contributed by atoms with Gasteiger partial charge < -0.3 is 5.73 Å². The zero-order chi connectivity index (χ0) is 10.6. The SMILES string of the molecule is CN(Cc1ncn[nH]1)S(=O)(=O)CCN. The summed E-state index contributed by atoms with van der Waals surface area (Å²) >= 11 is 0. The Bertz CT molecular complexity index is 360. The lowest BCUT2D eigenvalue weighted by Gasteiger charge is -2.14. The Kier molecular flexibility index (Phi) is 3.55. The maximum atomic E-state index is 11.4. The summed E-state index contributed by atoms with van der Waals surface area (Å²) in [5.41, 5.74) is 5.18. The van der Waals surface area contributed by atoms with Gasteiger partial charge >= 0.3 is 0 Å². The van der Waals surface area contributed by atoms with Gasteiger partial charge in [-0.05, 0) is 0 Å². The van der Waals surface area contributed by atoms with E-state index in [2.05, 4.69) is 15.2 Å². The number of nitrogens with one attached hydrogen (secondary N) is 1. The summed E-state index contributed by atoms with van der Waals surface area (Å²) in [5, 5.41) is 6.20. The average Bonchev–Trinajstić information content (AvgIpc) is 2.56. The molecule has 0 fully saturated rings. The zero-order valence-electron chi connectivity index (χ0n) is 7.84. The Morgan fingerprint density at radius 1 is 1.64 bits per heavy atom. The van der Waals surface area contributed by atoms with Crippen molar-refractivity contribution in [3.63, 3.8) is 0 Å². The van der Waals surface area contributed by atoms with Gasteiger partial charge in [-0.15, -0.1) is 0 Å². The first-order valence-electron chi connectivity index (χ1n) is 4.04. The number of sulfonamides is 1.